The molecule has 3 unspecified atom stereocenters. The van der Waals surface area contributed by atoms with Gasteiger partial charge in [0.2, 0.25) is 0 Å². The monoisotopic (exact) mass is 397 g/mol. The van der Waals surface area contributed by atoms with Crippen LogP contribution in [0.1, 0.15) is 43.2 Å². The summed E-state index contributed by atoms with van der Waals surface area (Å²) in [6.45, 7) is 2.97. The van der Waals surface area contributed by atoms with Gasteiger partial charge in [-0.25, -0.2) is 0 Å². The number of nitrogens with one attached hydrogen (secondary N) is 4. The Labute approximate surface area is 174 Å². The molecule has 1 saturated carbocycles. The molecule has 4 aliphatic rings. The van der Waals surface area contributed by atoms with Crippen molar-refractivity contribution in [2.75, 3.05) is 39.1 Å². The van der Waals surface area contributed by atoms with Crippen LogP contribution in [0, 0.1) is 5.92 Å². The molecule has 2 fully saturated rings. The first-order valence-corrected chi connectivity index (χ1v) is 11.3. The number of hydrogen-bond acceptors (Lipinski definition) is 6. The van der Waals surface area contributed by atoms with Crippen molar-refractivity contribution in [2.45, 2.75) is 57.0 Å². The molecule has 0 aromatic heterocycles. The first kappa shape index (κ1) is 19.4. The number of hydrogen-bond donors (Lipinski definition) is 4. The Morgan fingerprint density at radius 3 is 2.90 bits per heavy atom. The topological polar surface area (TPSA) is 60.6 Å². The smallest absolute Gasteiger partial charge is 0.133 e. The van der Waals surface area contributed by atoms with E-state index in [1.54, 1.807) is 0 Å². The summed E-state index contributed by atoms with van der Waals surface area (Å²) in [4.78, 5) is 2.39. The molecule has 0 spiro atoms. The van der Waals surface area contributed by atoms with Crippen LogP contribution in [0.5, 0.6) is 5.75 Å². The van der Waals surface area contributed by atoms with Crippen LogP contribution in [0.3, 0.4) is 0 Å². The zero-order chi connectivity index (χ0) is 19.8. The average molecular weight is 398 g/mol. The summed E-state index contributed by atoms with van der Waals surface area (Å²) in [5.74, 6) is 1.95. The summed E-state index contributed by atoms with van der Waals surface area (Å²) in [5, 5.41) is 14.6. The minimum absolute atomic E-state index is 0.0780. The number of benzene rings is 1. The van der Waals surface area contributed by atoms with E-state index in [1.807, 2.05) is 7.05 Å². The van der Waals surface area contributed by atoms with E-state index in [2.05, 4.69) is 51.4 Å². The van der Waals surface area contributed by atoms with Crippen molar-refractivity contribution in [3.8, 4) is 5.75 Å². The Morgan fingerprint density at radius 1 is 1.17 bits per heavy atom. The molecule has 0 radical (unpaired) electrons. The SMILES string of the molecule is CNC1CC(C2CC2)NC(Nc2cc3c(c(C4=CCN(C)CCC4)c2)OCC3)N1. The molecule has 6 heteroatoms. The predicted molar refractivity (Wildman–Crippen MR) is 118 cm³/mol. The molecule has 5 rings (SSSR count). The van der Waals surface area contributed by atoms with Gasteiger partial charge in [-0.15, -0.1) is 0 Å². The van der Waals surface area contributed by atoms with Gasteiger partial charge in [-0.3, -0.25) is 10.6 Å². The number of nitrogens with zero attached hydrogens (tertiary/aromatic N) is 1. The second-order valence-electron chi connectivity index (χ2n) is 9.14. The van der Waals surface area contributed by atoms with E-state index in [-0.39, 0.29) is 6.29 Å². The van der Waals surface area contributed by atoms with Gasteiger partial charge >= 0.3 is 0 Å². The zero-order valence-corrected chi connectivity index (χ0v) is 17.8. The molecule has 1 aromatic rings. The molecule has 6 nitrogen and oxygen atoms in total. The molecule has 1 saturated heterocycles. The summed E-state index contributed by atoms with van der Waals surface area (Å²) in [6, 6.07) is 5.18. The van der Waals surface area contributed by atoms with Crippen LogP contribution >= 0.6 is 0 Å². The van der Waals surface area contributed by atoms with Gasteiger partial charge in [-0.05, 0) is 76.4 Å². The molecule has 3 atom stereocenters. The summed E-state index contributed by atoms with van der Waals surface area (Å²) in [6.07, 6.45) is 10.0. The quantitative estimate of drug-likeness (QED) is 0.612. The van der Waals surface area contributed by atoms with Crippen LogP contribution in [0.25, 0.3) is 5.57 Å². The van der Waals surface area contributed by atoms with E-state index >= 15 is 0 Å². The van der Waals surface area contributed by atoms with Gasteiger partial charge in [0.25, 0.3) is 0 Å². The molecule has 1 aliphatic carbocycles. The van der Waals surface area contributed by atoms with E-state index < -0.39 is 0 Å². The summed E-state index contributed by atoms with van der Waals surface area (Å²) < 4.78 is 6.06. The lowest BCUT2D eigenvalue weighted by molar-refractivity contribution is 0.223. The molecule has 0 bridgehead atoms. The first-order valence-electron chi connectivity index (χ1n) is 11.3. The highest BCUT2D eigenvalue weighted by molar-refractivity contribution is 5.76. The molecule has 29 heavy (non-hydrogen) atoms. The Balaban J connectivity index is 1.39. The fraction of sp³-hybridized carbons (Fsp3) is 0.652. The lowest BCUT2D eigenvalue weighted by atomic mass is 9.96. The maximum absolute atomic E-state index is 6.06. The van der Waals surface area contributed by atoms with Crippen LogP contribution < -0.4 is 26.0 Å². The number of likely N-dealkylation sites (N-methyl/N-ethyl adjacent to an activating group) is 1. The van der Waals surface area contributed by atoms with Crippen LogP contribution in [-0.4, -0.2) is 57.2 Å². The fourth-order valence-electron chi connectivity index (χ4n) is 5.01. The molecule has 3 aliphatic heterocycles. The Hall–Kier alpha value is -1.60. The minimum atomic E-state index is 0.0780. The molecule has 1 aromatic carbocycles. The first-order chi connectivity index (χ1) is 14.2. The third-order valence-corrected chi connectivity index (χ3v) is 6.85. The van der Waals surface area contributed by atoms with Gasteiger partial charge in [0, 0.05) is 35.8 Å². The third-order valence-electron chi connectivity index (χ3n) is 6.85. The van der Waals surface area contributed by atoms with Crippen molar-refractivity contribution in [1.29, 1.82) is 0 Å². The average Bonchev–Trinajstić information content (AvgIpc) is 3.50. The molecular weight excluding hydrogens is 362 g/mol. The number of ether oxygens (including phenoxy) is 1. The second kappa shape index (κ2) is 8.26. The van der Waals surface area contributed by atoms with Crippen molar-refractivity contribution in [3.05, 3.63) is 29.3 Å². The Bertz CT molecular complexity index is 775. The van der Waals surface area contributed by atoms with Crippen LogP contribution in [-0.2, 0) is 6.42 Å². The van der Waals surface area contributed by atoms with Crippen molar-refractivity contribution in [2.24, 2.45) is 5.92 Å². The van der Waals surface area contributed by atoms with Crippen molar-refractivity contribution in [3.63, 3.8) is 0 Å². The highest BCUT2D eigenvalue weighted by atomic mass is 16.5. The van der Waals surface area contributed by atoms with Gasteiger partial charge < -0.3 is 20.3 Å². The van der Waals surface area contributed by atoms with Crippen molar-refractivity contribution < 1.29 is 4.74 Å². The highest BCUT2D eigenvalue weighted by Crippen LogP contribution is 2.39. The number of rotatable bonds is 5. The normalized spacial score (nSPS) is 30.3. The van der Waals surface area contributed by atoms with Gasteiger partial charge in [0.15, 0.2) is 0 Å². The Morgan fingerprint density at radius 2 is 2.07 bits per heavy atom. The second-order valence-corrected chi connectivity index (χ2v) is 9.14. The van der Waals surface area contributed by atoms with Crippen LogP contribution in [0.15, 0.2) is 18.2 Å². The standard InChI is InChI=1S/C23H35N5O/c1-24-21-14-20(16-5-6-16)26-23(27-21)25-18-12-17-8-11-29-22(17)19(13-18)15-4-3-9-28(2)10-7-15/h7,12-13,16,20-21,23-27H,3-6,8-11,14H2,1-2H3. The summed E-state index contributed by atoms with van der Waals surface area (Å²) in [7, 11) is 4.25. The molecule has 4 N–H and O–H groups in total. The number of fused-ring (bicyclic) bond motifs is 1. The maximum atomic E-state index is 6.06. The van der Waals surface area contributed by atoms with Crippen LogP contribution in [0.4, 0.5) is 5.69 Å². The summed E-state index contributed by atoms with van der Waals surface area (Å²) >= 11 is 0. The lowest BCUT2D eigenvalue weighted by Gasteiger charge is -2.38. The van der Waals surface area contributed by atoms with Crippen LogP contribution in [0.2, 0.25) is 0 Å². The van der Waals surface area contributed by atoms with E-state index in [0.29, 0.717) is 12.2 Å². The van der Waals surface area contributed by atoms with E-state index in [4.69, 9.17) is 4.74 Å². The highest BCUT2D eigenvalue weighted by Gasteiger charge is 2.37. The third kappa shape index (κ3) is 4.31. The number of allylic oxidation sites excluding steroid dienone is 1. The maximum Gasteiger partial charge on any atom is 0.133 e. The predicted octanol–water partition coefficient (Wildman–Crippen LogP) is 2.33. The van der Waals surface area contributed by atoms with Crippen molar-refractivity contribution >= 4 is 11.3 Å². The van der Waals surface area contributed by atoms with E-state index in [0.717, 1.165) is 50.6 Å². The number of anilines is 1. The van der Waals surface area contributed by atoms with Gasteiger partial charge in [-0.1, -0.05) is 6.08 Å². The zero-order valence-electron chi connectivity index (χ0n) is 17.8. The van der Waals surface area contributed by atoms with Gasteiger partial charge in [0.05, 0.1) is 12.8 Å². The van der Waals surface area contributed by atoms with E-state index in [1.165, 1.54) is 41.6 Å². The fourth-order valence-corrected chi connectivity index (χ4v) is 5.01. The van der Waals surface area contributed by atoms with Gasteiger partial charge in [0.1, 0.15) is 12.0 Å². The summed E-state index contributed by atoms with van der Waals surface area (Å²) in [5.41, 5.74) is 5.24. The van der Waals surface area contributed by atoms with Crippen molar-refractivity contribution in [1.82, 2.24) is 20.9 Å². The molecule has 3 heterocycles. The van der Waals surface area contributed by atoms with E-state index in [9.17, 15) is 0 Å². The minimum Gasteiger partial charge on any atom is -0.492 e. The largest absolute Gasteiger partial charge is 0.492 e. The Kier molecular flexibility index (Phi) is 5.52. The van der Waals surface area contributed by atoms with Gasteiger partial charge in [-0.2, -0.15) is 0 Å². The lowest BCUT2D eigenvalue weighted by Crippen LogP contribution is -2.65. The molecular formula is C23H35N5O. The molecule has 0 amide bonds. The molecule has 158 valence electrons.